The van der Waals surface area contributed by atoms with Gasteiger partial charge < -0.3 is 10.0 Å². The fraction of sp³-hybridized carbons (Fsp3) is 0.556. The molecule has 0 unspecified atom stereocenters. The Kier molecular flexibility index (Phi) is 6.28. The largest absolute Gasteiger partial charge is 0.478 e. The van der Waals surface area contributed by atoms with Crippen molar-refractivity contribution in [3.63, 3.8) is 0 Å². The molecule has 0 fully saturated rings. The van der Waals surface area contributed by atoms with Gasteiger partial charge in [-0.1, -0.05) is 26.7 Å². The lowest BCUT2D eigenvalue weighted by Gasteiger charge is -2.36. The van der Waals surface area contributed by atoms with Crippen LogP contribution in [0.25, 0.3) is 0 Å². The highest BCUT2D eigenvalue weighted by Crippen LogP contribution is 2.30. The van der Waals surface area contributed by atoms with Crippen molar-refractivity contribution in [3.8, 4) is 0 Å². The number of fused-ring (bicyclic) bond motifs is 1. The van der Waals surface area contributed by atoms with E-state index in [1.54, 1.807) is 0 Å². The van der Waals surface area contributed by atoms with E-state index in [9.17, 15) is 23.1 Å². The van der Waals surface area contributed by atoms with Gasteiger partial charge in [0.2, 0.25) is 10.0 Å². The number of carbonyl (C=O) groups is 2. The Morgan fingerprint density at radius 1 is 1.27 bits per heavy atom. The standard InChI is InChI=1S/C18H26N2O5S/c1-4-6-13(7-5-2)20-9-8-14-15(17(20)21)10-12(19-26(3,24)25)11-16(14)18(22)23/h10-11,13,19H,4-9H2,1-3H3,(H,22,23). The van der Waals surface area contributed by atoms with E-state index in [0.29, 0.717) is 18.5 Å². The number of hydrogen-bond donors (Lipinski definition) is 2. The molecule has 1 aliphatic rings. The molecule has 0 saturated carbocycles. The molecular formula is C18H26N2O5S. The minimum atomic E-state index is -3.58. The Hall–Kier alpha value is -2.09. The summed E-state index contributed by atoms with van der Waals surface area (Å²) in [5, 5.41) is 9.49. The number of anilines is 1. The Morgan fingerprint density at radius 2 is 1.88 bits per heavy atom. The lowest BCUT2D eigenvalue weighted by Crippen LogP contribution is -2.45. The zero-order valence-electron chi connectivity index (χ0n) is 15.4. The molecule has 0 aliphatic carbocycles. The fourth-order valence-electron chi connectivity index (χ4n) is 3.56. The molecule has 144 valence electrons. The first-order valence-electron chi connectivity index (χ1n) is 8.86. The van der Waals surface area contributed by atoms with Crippen molar-refractivity contribution < 1.29 is 23.1 Å². The highest BCUT2D eigenvalue weighted by molar-refractivity contribution is 7.92. The number of carbonyl (C=O) groups excluding carboxylic acids is 1. The molecule has 1 aromatic carbocycles. The van der Waals surface area contributed by atoms with E-state index in [1.807, 2.05) is 4.90 Å². The molecule has 1 heterocycles. The summed E-state index contributed by atoms with van der Waals surface area (Å²) in [6.07, 6.45) is 5.13. The van der Waals surface area contributed by atoms with Crippen LogP contribution in [0.3, 0.4) is 0 Å². The molecule has 1 amide bonds. The zero-order chi connectivity index (χ0) is 19.5. The van der Waals surface area contributed by atoms with Gasteiger partial charge in [0.25, 0.3) is 5.91 Å². The summed E-state index contributed by atoms with van der Waals surface area (Å²) in [6.45, 7) is 4.62. The minimum Gasteiger partial charge on any atom is -0.478 e. The van der Waals surface area contributed by atoms with Gasteiger partial charge >= 0.3 is 5.97 Å². The van der Waals surface area contributed by atoms with Gasteiger partial charge in [-0.2, -0.15) is 0 Å². The van der Waals surface area contributed by atoms with Crippen molar-refractivity contribution in [2.24, 2.45) is 0 Å². The van der Waals surface area contributed by atoms with Crippen molar-refractivity contribution in [1.29, 1.82) is 0 Å². The normalized spacial score (nSPS) is 14.5. The van der Waals surface area contributed by atoms with Crippen molar-refractivity contribution >= 4 is 27.6 Å². The molecule has 8 heteroatoms. The maximum absolute atomic E-state index is 13.1. The summed E-state index contributed by atoms with van der Waals surface area (Å²) in [6, 6.07) is 2.85. The molecule has 1 aliphatic heterocycles. The molecule has 0 radical (unpaired) electrons. The predicted octanol–water partition coefficient (Wildman–Crippen LogP) is 2.72. The Balaban J connectivity index is 2.49. The van der Waals surface area contributed by atoms with Crippen LogP contribution >= 0.6 is 0 Å². The second-order valence-electron chi connectivity index (χ2n) is 6.71. The van der Waals surface area contributed by atoms with Crippen LogP contribution in [0, 0.1) is 0 Å². The summed E-state index contributed by atoms with van der Waals surface area (Å²) >= 11 is 0. The van der Waals surface area contributed by atoms with Gasteiger partial charge in [0, 0.05) is 18.2 Å². The first-order chi connectivity index (χ1) is 12.2. The maximum atomic E-state index is 13.1. The number of carboxylic acids is 1. The third kappa shape index (κ3) is 4.55. The molecular weight excluding hydrogens is 356 g/mol. The molecule has 0 saturated heterocycles. The average molecular weight is 382 g/mol. The quantitative estimate of drug-likeness (QED) is 0.719. The summed E-state index contributed by atoms with van der Waals surface area (Å²) < 4.78 is 25.3. The Bertz CT molecular complexity index is 798. The highest BCUT2D eigenvalue weighted by atomic mass is 32.2. The molecule has 0 atom stereocenters. The number of carboxylic acid groups (broad SMARTS) is 1. The molecule has 0 spiro atoms. The van der Waals surface area contributed by atoms with E-state index in [0.717, 1.165) is 31.9 Å². The van der Waals surface area contributed by atoms with Crippen LogP contribution in [-0.2, 0) is 16.4 Å². The molecule has 26 heavy (non-hydrogen) atoms. The summed E-state index contributed by atoms with van der Waals surface area (Å²) in [5.41, 5.74) is 0.828. The van der Waals surface area contributed by atoms with Gasteiger partial charge in [0.05, 0.1) is 17.5 Å². The lowest BCUT2D eigenvalue weighted by molar-refractivity contribution is 0.0635. The second-order valence-corrected chi connectivity index (χ2v) is 8.46. The molecule has 2 N–H and O–H groups in total. The number of amides is 1. The van der Waals surface area contributed by atoms with Gasteiger partial charge in [-0.15, -0.1) is 0 Å². The van der Waals surface area contributed by atoms with Crippen LogP contribution in [0.4, 0.5) is 5.69 Å². The van der Waals surface area contributed by atoms with Crippen molar-refractivity contribution in [3.05, 3.63) is 28.8 Å². The number of nitrogens with zero attached hydrogens (tertiary/aromatic N) is 1. The van der Waals surface area contributed by atoms with Crippen LogP contribution < -0.4 is 4.72 Å². The van der Waals surface area contributed by atoms with Gasteiger partial charge in [-0.25, -0.2) is 13.2 Å². The molecule has 1 aromatic rings. The van der Waals surface area contributed by atoms with Crippen LogP contribution in [0.1, 0.15) is 65.8 Å². The Morgan fingerprint density at radius 3 is 2.38 bits per heavy atom. The monoisotopic (exact) mass is 382 g/mol. The van der Waals surface area contributed by atoms with E-state index in [4.69, 9.17) is 0 Å². The van der Waals surface area contributed by atoms with Gasteiger partial charge in [0.1, 0.15) is 0 Å². The topological polar surface area (TPSA) is 104 Å². The number of hydrogen-bond acceptors (Lipinski definition) is 4. The van der Waals surface area contributed by atoms with Crippen LogP contribution in [0.15, 0.2) is 12.1 Å². The van der Waals surface area contributed by atoms with Crippen LogP contribution in [-0.4, -0.2) is 49.1 Å². The van der Waals surface area contributed by atoms with Gasteiger partial charge in [-0.05, 0) is 37.0 Å². The SMILES string of the molecule is CCCC(CCC)N1CCc2c(C(=O)O)cc(NS(C)(=O)=O)cc2C1=O. The minimum absolute atomic E-state index is 0.0239. The van der Waals surface area contributed by atoms with Gasteiger partial charge in [-0.3, -0.25) is 9.52 Å². The predicted molar refractivity (Wildman–Crippen MR) is 100 cm³/mol. The number of nitrogens with one attached hydrogen (secondary N) is 1. The highest BCUT2D eigenvalue weighted by Gasteiger charge is 2.32. The van der Waals surface area contributed by atoms with Crippen LogP contribution in [0.2, 0.25) is 0 Å². The van der Waals surface area contributed by atoms with E-state index in [-0.39, 0.29) is 28.8 Å². The summed E-state index contributed by atoms with van der Waals surface area (Å²) in [7, 11) is -3.58. The third-order valence-electron chi connectivity index (χ3n) is 4.56. The molecule has 0 bridgehead atoms. The van der Waals surface area contributed by atoms with E-state index >= 15 is 0 Å². The lowest BCUT2D eigenvalue weighted by atomic mass is 9.91. The van der Waals surface area contributed by atoms with Crippen molar-refractivity contribution in [1.82, 2.24) is 4.90 Å². The zero-order valence-corrected chi connectivity index (χ0v) is 16.2. The summed E-state index contributed by atoms with van der Waals surface area (Å²) in [4.78, 5) is 26.5. The summed E-state index contributed by atoms with van der Waals surface area (Å²) in [5.74, 6) is -1.39. The third-order valence-corrected chi connectivity index (χ3v) is 5.17. The number of rotatable bonds is 8. The smallest absolute Gasteiger partial charge is 0.336 e. The van der Waals surface area contributed by atoms with E-state index < -0.39 is 16.0 Å². The van der Waals surface area contributed by atoms with Crippen LogP contribution in [0.5, 0.6) is 0 Å². The van der Waals surface area contributed by atoms with Gasteiger partial charge in [0.15, 0.2) is 0 Å². The van der Waals surface area contributed by atoms with E-state index in [1.165, 1.54) is 12.1 Å². The maximum Gasteiger partial charge on any atom is 0.336 e. The first kappa shape index (κ1) is 20.2. The molecule has 7 nitrogen and oxygen atoms in total. The molecule has 0 aromatic heterocycles. The number of aromatic carboxylic acids is 1. The number of benzene rings is 1. The molecule has 2 rings (SSSR count). The van der Waals surface area contributed by atoms with Crippen molar-refractivity contribution in [2.75, 3.05) is 17.5 Å². The Labute approximate surface area is 154 Å². The second kappa shape index (κ2) is 8.07. The van der Waals surface area contributed by atoms with E-state index in [2.05, 4.69) is 18.6 Å². The fourth-order valence-corrected chi connectivity index (χ4v) is 4.10. The van der Waals surface area contributed by atoms with Crippen molar-refractivity contribution in [2.45, 2.75) is 52.0 Å². The number of sulfonamides is 1. The first-order valence-corrected chi connectivity index (χ1v) is 10.8. The average Bonchev–Trinajstić information content (AvgIpc) is 2.53.